The smallest absolute Gasteiger partial charge is 0.229 e. The summed E-state index contributed by atoms with van der Waals surface area (Å²) in [6.45, 7) is 12.1. The number of nitrogens with zero attached hydrogens (tertiary/aromatic N) is 8. The van der Waals surface area contributed by atoms with Crippen LogP contribution in [-0.4, -0.2) is 102 Å². The largest absolute Gasteiger partial charge is 0.494 e. The maximum atomic E-state index is 13.4. The molecule has 0 unspecified atom stereocenters. The number of nitriles is 1. The Balaban J connectivity index is 1.19. The highest BCUT2D eigenvalue weighted by Crippen LogP contribution is 2.42. The van der Waals surface area contributed by atoms with E-state index in [4.69, 9.17) is 15.0 Å². The third-order valence-electron chi connectivity index (χ3n) is 9.20. The number of nitrogens with one attached hydrogen (secondary N) is 2. The molecule has 2 aliphatic rings. The average molecular weight is 734 g/mol. The first-order valence-electron chi connectivity index (χ1n) is 16.3. The quantitative estimate of drug-likeness (QED) is 0.155. The summed E-state index contributed by atoms with van der Waals surface area (Å²) < 4.78 is 20.0. The molecule has 4 heterocycles. The monoisotopic (exact) mass is 732 g/mol. The Morgan fingerprint density at radius 1 is 1.02 bits per heavy atom. The van der Waals surface area contributed by atoms with Gasteiger partial charge in [-0.25, -0.2) is 4.98 Å². The fourth-order valence-corrected chi connectivity index (χ4v) is 8.43. The number of piperidine rings is 1. The number of aryl methyl sites for hydroxylation is 1. The Morgan fingerprint density at radius 3 is 2.46 bits per heavy atom. The van der Waals surface area contributed by atoms with E-state index in [1.165, 1.54) is 11.3 Å². The van der Waals surface area contributed by atoms with E-state index >= 15 is 0 Å². The molecule has 0 saturated carbocycles. The third kappa shape index (κ3) is 7.42. The summed E-state index contributed by atoms with van der Waals surface area (Å²) in [5, 5.41) is 16.4. The normalized spacial score (nSPS) is 16.5. The summed E-state index contributed by atoms with van der Waals surface area (Å²) in [4.78, 5) is 25.5. The van der Waals surface area contributed by atoms with Crippen LogP contribution in [0.3, 0.4) is 0 Å². The molecule has 6 rings (SSSR count). The van der Waals surface area contributed by atoms with Crippen LogP contribution in [0.25, 0.3) is 11.0 Å². The fraction of sp³-hybridized carbons (Fsp3) is 0.441. The molecule has 2 aliphatic heterocycles. The van der Waals surface area contributed by atoms with Gasteiger partial charge in [0.2, 0.25) is 5.95 Å². The number of halogens is 1. The van der Waals surface area contributed by atoms with Crippen LogP contribution in [0.2, 0.25) is 0 Å². The highest BCUT2D eigenvalue weighted by molar-refractivity contribution is 9.10. The predicted molar refractivity (Wildman–Crippen MR) is 196 cm³/mol. The van der Waals surface area contributed by atoms with Gasteiger partial charge in [0.15, 0.2) is 0 Å². The molecule has 2 fully saturated rings. The molecule has 252 valence electrons. The number of methoxy groups -OCH3 is 1. The van der Waals surface area contributed by atoms with E-state index in [1.54, 1.807) is 39.0 Å². The molecule has 0 amide bonds. The van der Waals surface area contributed by atoms with Crippen molar-refractivity contribution in [2.75, 3.05) is 81.8 Å². The maximum Gasteiger partial charge on any atom is 0.229 e. The van der Waals surface area contributed by atoms with Gasteiger partial charge < -0.3 is 24.8 Å². The van der Waals surface area contributed by atoms with Crippen molar-refractivity contribution in [2.45, 2.75) is 32.2 Å². The number of hydrogen-bond acceptors (Lipinski definition) is 12. The summed E-state index contributed by atoms with van der Waals surface area (Å²) in [6, 6.07) is 10.8. The first-order chi connectivity index (χ1) is 23.2. The van der Waals surface area contributed by atoms with Crippen LogP contribution in [0, 0.1) is 11.3 Å². The second kappa shape index (κ2) is 14.7. The molecular formula is C34H42BrN10O2P. The third-order valence-corrected chi connectivity index (χ3v) is 11.3. The van der Waals surface area contributed by atoms with E-state index in [1.807, 2.05) is 12.1 Å². The number of hydrogen-bond donors (Lipinski definition) is 2. The summed E-state index contributed by atoms with van der Waals surface area (Å²) in [7, 11) is -1.06. The second-order valence-electron chi connectivity index (χ2n) is 12.6. The van der Waals surface area contributed by atoms with Crippen molar-refractivity contribution in [1.82, 2.24) is 29.7 Å². The Labute approximate surface area is 290 Å². The predicted octanol–water partition coefficient (Wildman–Crippen LogP) is 5.60. The van der Waals surface area contributed by atoms with Gasteiger partial charge in [-0.05, 0) is 72.3 Å². The molecule has 12 nitrogen and oxygen atoms in total. The average Bonchev–Trinajstić information content (AvgIpc) is 3.09. The summed E-state index contributed by atoms with van der Waals surface area (Å²) in [5.74, 6) is 1.63. The van der Waals surface area contributed by atoms with E-state index in [-0.39, 0.29) is 0 Å². The lowest BCUT2D eigenvalue weighted by Crippen LogP contribution is -2.53. The van der Waals surface area contributed by atoms with Crippen molar-refractivity contribution >= 4 is 68.2 Å². The topological polar surface area (TPSA) is 135 Å². The molecule has 48 heavy (non-hydrogen) atoms. The van der Waals surface area contributed by atoms with Gasteiger partial charge in [-0.3, -0.25) is 19.8 Å². The SMILES string of the molecule is CCc1cc(Nc2ncc(Br)c(Nc3ccc4nccnc4c3P(C)(C)=O)n2)c(OC)cc1N1CCC(N2CCN(CC#N)CC2)CC1. The van der Waals surface area contributed by atoms with Crippen LogP contribution in [0.5, 0.6) is 5.75 Å². The Hall–Kier alpha value is -3.82. The number of aromatic nitrogens is 4. The van der Waals surface area contributed by atoms with Crippen LogP contribution in [-0.2, 0) is 11.0 Å². The lowest BCUT2D eigenvalue weighted by Gasteiger charge is -2.43. The maximum absolute atomic E-state index is 13.4. The van der Waals surface area contributed by atoms with Gasteiger partial charge in [0.1, 0.15) is 24.2 Å². The molecular weight excluding hydrogens is 691 g/mol. The number of piperazine rings is 1. The Kier molecular flexibility index (Phi) is 10.5. The zero-order valence-electron chi connectivity index (χ0n) is 27.9. The van der Waals surface area contributed by atoms with E-state index in [0.29, 0.717) is 56.6 Å². The summed E-state index contributed by atoms with van der Waals surface area (Å²) in [6.07, 6.45) is 8.02. The first-order valence-corrected chi connectivity index (χ1v) is 19.7. The zero-order chi connectivity index (χ0) is 33.8. The number of anilines is 5. The minimum absolute atomic E-state index is 0.391. The lowest BCUT2D eigenvalue weighted by molar-refractivity contribution is 0.0918. The molecule has 0 radical (unpaired) electrons. The van der Waals surface area contributed by atoms with E-state index in [0.717, 1.165) is 64.2 Å². The van der Waals surface area contributed by atoms with Crippen molar-refractivity contribution in [3.63, 3.8) is 0 Å². The highest BCUT2D eigenvalue weighted by atomic mass is 79.9. The molecule has 0 spiro atoms. The van der Waals surface area contributed by atoms with Gasteiger partial charge >= 0.3 is 0 Å². The molecule has 4 aromatic rings. The van der Waals surface area contributed by atoms with Crippen molar-refractivity contribution in [3.05, 3.63) is 52.9 Å². The van der Waals surface area contributed by atoms with Gasteiger partial charge in [-0.15, -0.1) is 0 Å². The summed E-state index contributed by atoms with van der Waals surface area (Å²) in [5.41, 5.74) is 5.15. The van der Waals surface area contributed by atoms with E-state index < -0.39 is 7.14 Å². The zero-order valence-corrected chi connectivity index (χ0v) is 30.4. The molecule has 2 saturated heterocycles. The molecule has 2 aromatic heterocycles. The van der Waals surface area contributed by atoms with Gasteiger partial charge in [-0.2, -0.15) is 10.2 Å². The second-order valence-corrected chi connectivity index (χ2v) is 16.6. The van der Waals surface area contributed by atoms with Gasteiger partial charge in [0.05, 0.1) is 46.4 Å². The first kappa shape index (κ1) is 34.1. The van der Waals surface area contributed by atoms with Crippen LogP contribution in [0.4, 0.5) is 28.8 Å². The molecule has 2 aromatic carbocycles. The molecule has 0 atom stereocenters. The van der Waals surface area contributed by atoms with Gasteiger partial charge in [-0.1, -0.05) is 6.92 Å². The highest BCUT2D eigenvalue weighted by Gasteiger charge is 2.29. The van der Waals surface area contributed by atoms with Gasteiger partial charge in [0, 0.05) is 75.7 Å². The minimum atomic E-state index is -2.75. The molecule has 14 heteroatoms. The molecule has 0 aliphatic carbocycles. The van der Waals surface area contributed by atoms with Crippen molar-refractivity contribution < 1.29 is 9.30 Å². The van der Waals surface area contributed by atoms with E-state index in [9.17, 15) is 4.57 Å². The standard InChI is InChI=1S/C34H42BrN10O2P/c1-5-23-20-28(30(47-2)21-29(23)45-13-8-24(9-14-45)44-18-16-43(15-10-36)17-19-44)41-34-39-22-25(35)33(42-34)40-27-7-6-26-31(38-12-11-37-26)32(27)48(3,4)46/h6-7,11-12,20-22,24H,5,8-9,13-19H2,1-4H3,(H2,39,40,41,42). The van der Waals surface area contributed by atoms with Crippen LogP contribution >= 0.6 is 23.1 Å². The number of rotatable bonds is 10. The number of fused-ring (bicyclic) bond motifs is 1. The number of ether oxygens (including phenoxy) is 1. The van der Waals surface area contributed by atoms with Crippen molar-refractivity contribution in [3.8, 4) is 11.8 Å². The lowest BCUT2D eigenvalue weighted by atomic mass is 9.99. The Morgan fingerprint density at radius 2 is 1.77 bits per heavy atom. The molecule has 0 bridgehead atoms. The fourth-order valence-electron chi connectivity index (χ4n) is 6.75. The van der Waals surface area contributed by atoms with Gasteiger partial charge in [0.25, 0.3) is 0 Å². The minimum Gasteiger partial charge on any atom is -0.494 e. The molecule has 2 N–H and O–H groups in total. The number of benzene rings is 2. The van der Waals surface area contributed by atoms with Crippen LogP contribution < -0.4 is 25.6 Å². The Bertz CT molecular complexity index is 1860. The van der Waals surface area contributed by atoms with E-state index in [2.05, 4.69) is 81.3 Å². The van der Waals surface area contributed by atoms with Crippen LogP contribution in [0.15, 0.2) is 47.3 Å². The van der Waals surface area contributed by atoms with Crippen LogP contribution in [0.1, 0.15) is 25.3 Å². The van der Waals surface area contributed by atoms with Crippen molar-refractivity contribution in [1.29, 1.82) is 5.26 Å². The van der Waals surface area contributed by atoms with Crippen molar-refractivity contribution in [2.24, 2.45) is 0 Å². The summed E-state index contributed by atoms with van der Waals surface area (Å²) >= 11 is 3.58.